The lowest BCUT2D eigenvalue weighted by molar-refractivity contribution is 0.0945. The number of hydrogen-bond donors (Lipinski definition) is 4. The van der Waals surface area contributed by atoms with E-state index in [1.807, 2.05) is 0 Å². The minimum Gasteiger partial charge on any atom is -0.508 e. The van der Waals surface area contributed by atoms with Crippen molar-refractivity contribution < 1.29 is 24.2 Å². The maximum Gasteiger partial charge on any atom is 0.411 e. The minimum atomic E-state index is -0.633. The van der Waals surface area contributed by atoms with Crippen molar-refractivity contribution in [1.82, 2.24) is 14.5 Å². The zero-order valence-electron chi connectivity index (χ0n) is 18.0. The van der Waals surface area contributed by atoms with Gasteiger partial charge >= 0.3 is 6.09 Å². The van der Waals surface area contributed by atoms with Crippen LogP contribution in [0.2, 0.25) is 0 Å². The topological polar surface area (TPSA) is 127 Å². The molecule has 0 spiro atoms. The van der Waals surface area contributed by atoms with Crippen LogP contribution in [0.4, 0.5) is 16.2 Å². The number of phenols is 1. The Labute approximate surface area is 184 Å². The molecule has 0 bridgehead atoms. The third kappa shape index (κ3) is 5.48. The monoisotopic (exact) mass is 439 g/mol. The number of carbonyl (C=O) groups excluding carboxylic acids is 3. The van der Waals surface area contributed by atoms with Gasteiger partial charge in [0.05, 0.1) is 18.5 Å². The highest BCUT2D eigenvalue weighted by Crippen LogP contribution is 2.18. The lowest BCUT2D eigenvalue weighted by atomic mass is 10.1. The number of aromatic hydroxyl groups is 1. The average molecular weight is 439 g/mol. The number of anilines is 2. The number of aryl methyl sites for hydroxylation is 2. The van der Waals surface area contributed by atoms with Crippen molar-refractivity contribution in [3.63, 3.8) is 0 Å². The number of benzene rings is 1. The van der Waals surface area contributed by atoms with E-state index in [2.05, 4.69) is 20.7 Å². The molecule has 0 saturated carbocycles. The van der Waals surface area contributed by atoms with Crippen LogP contribution in [-0.2, 0) is 25.3 Å². The first-order valence-electron chi connectivity index (χ1n) is 9.82. The van der Waals surface area contributed by atoms with Crippen LogP contribution >= 0.6 is 0 Å². The molecule has 1 aromatic carbocycles. The molecule has 0 unspecified atom stereocenters. The van der Waals surface area contributed by atoms with E-state index < -0.39 is 12.0 Å². The van der Waals surface area contributed by atoms with E-state index >= 15 is 0 Å². The SMILES string of the molecule is COC(=O)Nc1cc(C(=O)Nc2cc(C(=O)NCCc3ccc(O)cc3)n(C)c2)n(C)c1. The second-order valence-corrected chi connectivity index (χ2v) is 7.19. The molecule has 3 amide bonds. The maximum absolute atomic E-state index is 12.6. The summed E-state index contributed by atoms with van der Waals surface area (Å²) in [5, 5.41) is 17.4. The second kappa shape index (κ2) is 9.73. The molecular weight excluding hydrogens is 414 g/mol. The van der Waals surface area contributed by atoms with Crippen LogP contribution in [0, 0.1) is 0 Å². The number of ether oxygens (including phenoxy) is 1. The first-order chi connectivity index (χ1) is 15.3. The van der Waals surface area contributed by atoms with E-state index in [-0.39, 0.29) is 11.7 Å². The summed E-state index contributed by atoms with van der Waals surface area (Å²) >= 11 is 0. The fourth-order valence-corrected chi connectivity index (χ4v) is 3.15. The number of nitrogens with zero attached hydrogens (tertiary/aromatic N) is 2. The quantitative estimate of drug-likeness (QED) is 0.450. The number of rotatable bonds is 7. The number of amides is 3. The summed E-state index contributed by atoms with van der Waals surface area (Å²) in [5.74, 6) is -0.465. The lowest BCUT2D eigenvalue weighted by Gasteiger charge is -2.06. The Hall–Kier alpha value is -4.21. The Bertz CT molecular complexity index is 1130. The van der Waals surface area contributed by atoms with E-state index in [9.17, 15) is 19.5 Å². The Morgan fingerprint density at radius 3 is 2.06 bits per heavy atom. The maximum atomic E-state index is 12.6. The summed E-state index contributed by atoms with van der Waals surface area (Å²) < 4.78 is 7.74. The fraction of sp³-hybridized carbons (Fsp3) is 0.227. The molecule has 2 heterocycles. The largest absolute Gasteiger partial charge is 0.508 e. The molecule has 0 saturated heterocycles. The highest BCUT2D eigenvalue weighted by molar-refractivity contribution is 6.05. The van der Waals surface area contributed by atoms with Crippen molar-refractivity contribution >= 4 is 29.3 Å². The third-order valence-electron chi connectivity index (χ3n) is 4.80. The van der Waals surface area contributed by atoms with Gasteiger partial charge in [0, 0.05) is 33.0 Å². The molecule has 0 aliphatic heterocycles. The fourth-order valence-electron chi connectivity index (χ4n) is 3.15. The van der Waals surface area contributed by atoms with Gasteiger partial charge in [-0.1, -0.05) is 12.1 Å². The number of carbonyl (C=O) groups is 3. The molecule has 0 atom stereocenters. The van der Waals surface area contributed by atoms with E-state index in [1.54, 1.807) is 66.0 Å². The van der Waals surface area contributed by atoms with Crippen LogP contribution in [0.3, 0.4) is 0 Å². The van der Waals surface area contributed by atoms with Crippen molar-refractivity contribution in [1.29, 1.82) is 0 Å². The van der Waals surface area contributed by atoms with Gasteiger partial charge in [-0.3, -0.25) is 14.9 Å². The van der Waals surface area contributed by atoms with Crippen LogP contribution < -0.4 is 16.0 Å². The summed E-state index contributed by atoms with van der Waals surface area (Å²) in [6.07, 6.45) is 3.22. The Morgan fingerprint density at radius 2 is 1.47 bits per heavy atom. The van der Waals surface area contributed by atoms with Crippen molar-refractivity contribution in [2.24, 2.45) is 14.1 Å². The van der Waals surface area contributed by atoms with Crippen molar-refractivity contribution in [2.75, 3.05) is 24.3 Å². The number of nitrogens with one attached hydrogen (secondary N) is 3. The van der Waals surface area contributed by atoms with E-state index in [0.717, 1.165) is 5.56 Å². The van der Waals surface area contributed by atoms with Gasteiger partial charge in [0.2, 0.25) is 0 Å². The standard InChI is InChI=1S/C22H25N5O5/c1-26-12-15(24-21(30)19-11-16(13-27(19)2)25-22(31)32-3)10-18(26)20(29)23-9-8-14-4-6-17(28)7-5-14/h4-7,10-13,28H,8-9H2,1-3H3,(H,23,29)(H,24,30)(H,25,31). The summed E-state index contributed by atoms with van der Waals surface area (Å²) in [4.78, 5) is 36.5. The first kappa shape index (κ1) is 22.5. The molecule has 10 nitrogen and oxygen atoms in total. The molecule has 168 valence electrons. The Morgan fingerprint density at radius 1 is 0.906 bits per heavy atom. The number of aromatic nitrogens is 2. The van der Waals surface area contributed by atoms with Gasteiger partial charge in [-0.15, -0.1) is 0 Å². The molecule has 32 heavy (non-hydrogen) atoms. The van der Waals surface area contributed by atoms with E-state index in [1.165, 1.54) is 13.2 Å². The molecule has 2 aromatic heterocycles. The number of phenolic OH excluding ortho intramolecular Hbond substituents is 1. The van der Waals surface area contributed by atoms with Crippen molar-refractivity contribution in [2.45, 2.75) is 6.42 Å². The van der Waals surface area contributed by atoms with Crippen LogP contribution in [-0.4, -0.2) is 45.8 Å². The molecule has 0 fully saturated rings. The highest BCUT2D eigenvalue weighted by atomic mass is 16.5. The zero-order valence-corrected chi connectivity index (χ0v) is 18.0. The normalized spacial score (nSPS) is 10.5. The summed E-state index contributed by atoms with van der Waals surface area (Å²) in [6, 6.07) is 9.91. The van der Waals surface area contributed by atoms with Crippen LogP contribution in [0.25, 0.3) is 0 Å². The van der Waals surface area contributed by atoms with E-state index in [0.29, 0.717) is 35.7 Å². The molecule has 0 aliphatic carbocycles. The van der Waals surface area contributed by atoms with Gasteiger partial charge in [0.1, 0.15) is 17.1 Å². The van der Waals surface area contributed by atoms with Gasteiger partial charge in [-0.05, 0) is 36.2 Å². The molecular formula is C22H25N5O5. The number of hydrogen-bond acceptors (Lipinski definition) is 5. The van der Waals surface area contributed by atoms with Crippen molar-refractivity contribution in [3.05, 3.63) is 65.7 Å². The predicted octanol–water partition coefficient (Wildman–Crippen LogP) is 2.47. The summed E-state index contributed by atoms with van der Waals surface area (Å²) in [7, 11) is 4.64. The van der Waals surface area contributed by atoms with Crippen LogP contribution in [0.5, 0.6) is 5.75 Å². The van der Waals surface area contributed by atoms with Gasteiger partial charge in [0.25, 0.3) is 11.8 Å². The highest BCUT2D eigenvalue weighted by Gasteiger charge is 2.17. The third-order valence-corrected chi connectivity index (χ3v) is 4.80. The first-order valence-corrected chi connectivity index (χ1v) is 9.82. The molecule has 0 aliphatic rings. The van der Waals surface area contributed by atoms with Gasteiger partial charge in [-0.25, -0.2) is 4.79 Å². The lowest BCUT2D eigenvalue weighted by Crippen LogP contribution is -2.27. The van der Waals surface area contributed by atoms with Gasteiger partial charge in [-0.2, -0.15) is 0 Å². The molecule has 0 radical (unpaired) electrons. The van der Waals surface area contributed by atoms with E-state index in [4.69, 9.17) is 0 Å². The van der Waals surface area contributed by atoms with Gasteiger partial charge in [0.15, 0.2) is 0 Å². The van der Waals surface area contributed by atoms with Crippen LogP contribution in [0.1, 0.15) is 26.5 Å². The average Bonchev–Trinajstić information content (AvgIpc) is 3.30. The summed E-state index contributed by atoms with van der Waals surface area (Å²) in [5.41, 5.74) is 2.59. The number of methoxy groups -OCH3 is 1. The molecule has 10 heteroatoms. The molecule has 4 N–H and O–H groups in total. The minimum absolute atomic E-state index is 0.197. The summed E-state index contributed by atoms with van der Waals surface area (Å²) in [6.45, 7) is 0.426. The molecule has 3 rings (SSSR count). The van der Waals surface area contributed by atoms with Crippen LogP contribution in [0.15, 0.2) is 48.8 Å². The van der Waals surface area contributed by atoms with Crippen molar-refractivity contribution in [3.8, 4) is 5.75 Å². The predicted molar refractivity (Wildman–Crippen MR) is 119 cm³/mol. The second-order valence-electron chi connectivity index (χ2n) is 7.19. The zero-order chi connectivity index (χ0) is 23.3. The Kier molecular flexibility index (Phi) is 6.83. The Balaban J connectivity index is 1.59. The smallest absolute Gasteiger partial charge is 0.411 e. The molecule has 3 aromatic rings. The van der Waals surface area contributed by atoms with Gasteiger partial charge < -0.3 is 29.6 Å².